The van der Waals surface area contributed by atoms with Crippen molar-refractivity contribution in [1.82, 2.24) is 26.6 Å². The topological polar surface area (TPSA) is 267 Å². The van der Waals surface area contributed by atoms with Crippen LogP contribution in [0.4, 0.5) is 41.6 Å². The Morgan fingerprint density at radius 3 is 0.871 bits per heavy atom. The van der Waals surface area contributed by atoms with Crippen LogP contribution in [-0.4, -0.2) is 124 Å². The number of aryl methyl sites for hydroxylation is 5. The second-order valence-electron chi connectivity index (χ2n) is 27.1. The zero-order valence-corrected chi connectivity index (χ0v) is 66.0. The van der Waals surface area contributed by atoms with E-state index in [-0.39, 0.29) is 46.7 Å². The van der Waals surface area contributed by atoms with E-state index in [1.807, 2.05) is 140 Å². The van der Waals surface area contributed by atoms with Gasteiger partial charge in [0.15, 0.2) is 58.7 Å². The molecule has 0 saturated carbocycles. The SMILES string of the molecule is O=C(CCc1ccc(NC2=NCCN2)cc1)c1ccc(Cl)cc1.O=C(CCc1ccc(NC2=NCCN2)cc1)c1ccc(Cl)cc1Cl.O=C(CCc1ccc(NC2=NCCN2)cc1)c1ccc(F)cc1.O=C(CCc1ccc(NC2=NCCN2)cc1)c1ccc(F)cc1F.O=C(CCc1ccc(NC2=NCCN2)cc1)c1ccccc1. The van der Waals surface area contributed by atoms with Crippen molar-refractivity contribution in [2.75, 3.05) is 92.0 Å². The van der Waals surface area contributed by atoms with Gasteiger partial charge in [-0.2, -0.15) is 0 Å². The average molecular weight is 1620 g/mol. The number of ketones is 5. The third kappa shape index (κ3) is 28.0. The van der Waals surface area contributed by atoms with Gasteiger partial charge in [-0.1, -0.05) is 126 Å². The fourth-order valence-corrected chi connectivity index (χ4v) is 12.8. The van der Waals surface area contributed by atoms with Gasteiger partial charge in [-0.15, -0.1) is 0 Å². The number of carbonyl (C=O) groups excluding carboxylic acids is 5. The van der Waals surface area contributed by atoms with Crippen LogP contribution >= 0.6 is 34.8 Å². The van der Waals surface area contributed by atoms with Crippen LogP contribution in [0.1, 0.15) is 112 Å². The van der Waals surface area contributed by atoms with Crippen LogP contribution < -0.4 is 53.2 Å². The van der Waals surface area contributed by atoms with Crippen LogP contribution in [0.3, 0.4) is 0 Å². The van der Waals surface area contributed by atoms with Crippen molar-refractivity contribution in [2.45, 2.75) is 64.2 Å². The van der Waals surface area contributed by atoms with Gasteiger partial charge in [0.1, 0.15) is 17.5 Å². The summed E-state index contributed by atoms with van der Waals surface area (Å²) in [6.45, 7) is 8.35. The Hall–Kier alpha value is -12.4. The minimum atomic E-state index is -0.815. The Kier molecular flexibility index (Phi) is 32.2. The number of nitrogens with one attached hydrogen (secondary N) is 10. The third-order valence-corrected chi connectivity index (χ3v) is 19.3. The van der Waals surface area contributed by atoms with Gasteiger partial charge < -0.3 is 53.2 Å². The average Bonchev–Trinajstić information content (AvgIpc) is 1.01. The molecule has 0 saturated heterocycles. The number of Topliss-reactive ketones (excluding diaryl/α,β-unsaturated/α-hetero) is 5. The highest BCUT2D eigenvalue weighted by Crippen LogP contribution is 2.25. The highest BCUT2D eigenvalue weighted by atomic mass is 35.5. The molecule has 0 fully saturated rings. The van der Waals surface area contributed by atoms with Gasteiger partial charge in [0, 0.05) is 132 Å². The molecular formula is C90H89Cl3F3N15O5. The van der Waals surface area contributed by atoms with Crippen LogP contribution in [0.5, 0.6) is 0 Å². The molecule has 10 aromatic rings. The minimum Gasteiger partial charge on any atom is -0.354 e. The molecule has 10 N–H and O–H groups in total. The van der Waals surface area contributed by atoms with Crippen LogP contribution in [-0.2, 0) is 32.1 Å². The van der Waals surface area contributed by atoms with Gasteiger partial charge in [0.05, 0.1) is 43.3 Å². The summed E-state index contributed by atoms with van der Waals surface area (Å²) in [6.07, 6.45) is 5.31. The van der Waals surface area contributed by atoms with Crippen molar-refractivity contribution in [1.29, 1.82) is 0 Å². The van der Waals surface area contributed by atoms with Gasteiger partial charge in [-0.3, -0.25) is 48.9 Å². The third-order valence-electron chi connectivity index (χ3n) is 18.5. The lowest BCUT2D eigenvalue weighted by atomic mass is 10.0. The molecule has 15 rings (SSSR count). The highest BCUT2D eigenvalue weighted by molar-refractivity contribution is 6.37. The maximum absolute atomic E-state index is 13.6. The Bertz CT molecular complexity index is 4860. The van der Waals surface area contributed by atoms with E-state index in [1.54, 1.807) is 42.5 Å². The minimum absolute atomic E-state index is 0.0170. The number of hydrogen-bond donors (Lipinski definition) is 10. The molecule has 0 atom stereocenters. The summed E-state index contributed by atoms with van der Waals surface area (Å²) in [7, 11) is 0. The molecule has 5 aliphatic rings. The van der Waals surface area contributed by atoms with Crippen LogP contribution in [0.2, 0.25) is 15.1 Å². The van der Waals surface area contributed by atoms with Gasteiger partial charge >= 0.3 is 0 Å². The lowest BCUT2D eigenvalue weighted by Gasteiger charge is -2.08. The molecule has 596 valence electrons. The van der Waals surface area contributed by atoms with Gasteiger partial charge in [-0.25, -0.2) is 13.2 Å². The van der Waals surface area contributed by atoms with Crippen LogP contribution in [0.15, 0.2) is 262 Å². The summed E-state index contributed by atoms with van der Waals surface area (Å²) in [5.41, 5.74) is 12.8. The van der Waals surface area contributed by atoms with E-state index in [1.165, 1.54) is 30.3 Å². The number of halogens is 6. The quantitative estimate of drug-likeness (QED) is 0.0238. The molecule has 20 nitrogen and oxygen atoms in total. The standard InChI is InChI=1S/C18H17Cl2N3O.C18H18ClN3O.C18H17F2N3O.C18H18FN3O.C18H19N3O/c19-13-4-7-15(16(20)11-13)17(24)8-3-12-1-5-14(6-2-12)23-18-21-9-10-22-18;19-15-6-4-14(5-7-15)17(23)10-3-13-1-8-16(9-2-13)22-18-20-11-12-21-18;19-13-4-7-15(16(20)11-13)17(24)8-3-12-1-5-14(6-2-12)23-18-21-9-10-22-18;19-15-6-4-14(5-7-15)17(23)10-3-13-1-8-16(9-2-13)22-18-20-11-12-21-18;22-17(15-4-2-1-3-5-15)11-8-14-6-9-16(10-7-14)21-18-19-12-13-20-18/h1-2,4-7,11H,3,8-10H2,(H2,21,22,23);1-2,4-9H,3,10-12H2,(H2,20,21,22);1-2,4-7,11H,3,8-10H2,(H2,21,22,23);1-2,4-9H,3,10-12H2,(H2,20,21,22);1-7,9-10H,8,11-13H2,(H2,19,20,21). The maximum Gasteiger partial charge on any atom is 0.195 e. The lowest BCUT2D eigenvalue weighted by molar-refractivity contribution is 0.0971. The Balaban J connectivity index is 0.000000143. The predicted molar refractivity (Wildman–Crippen MR) is 462 cm³/mol. The second kappa shape index (κ2) is 44.3. The first-order valence-electron chi connectivity index (χ1n) is 38.3. The smallest absolute Gasteiger partial charge is 0.195 e. The summed E-state index contributed by atoms with van der Waals surface area (Å²) in [5, 5.41) is 33.4. The molecule has 5 aliphatic heterocycles. The van der Waals surface area contributed by atoms with Crippen LogP contribution in [0.25, 0.3) is 0 Å². The number of rotatable bonds is 25. The molecular weight excluding hydrogens is 1530 g/mol. The summed E-state index contributed by atoms with van der Waals surface area (Å²) >= 11 is 17.8. The molecule has 10 aromatic carbocycles. The molecule has 0 aliphatic carbocycles. The van der Waals surface area contributed by atoms with Crippen molar-refractivity contribution < 1.29 is 37.1 Å². The number of guanidine groups is 5. The first-order valence-corrected chi connectivity index (χ1v) is 39.4. The number of nitrogens with zero attached hydrogens (tertiary/aromatic N) is 5. The second-order valence-corrected chi connectivity index (χ2v) is 28.4. The molecule has 0 amide bonds. The largest absolute Gasteiger partial charge is 0.354 e. The molecule has 5 heterocycles. The van der Waals surface area contributed by atoms with Crippen molar-refractivity contribution in [3.8, 4) is 0 Å². The predicted octanol–water partition coefficient (Wildman–Crippen LogP) is 16.7. The zero-order valence-electron chi connectivity index (χ0n) is 63.7. The van der Waals surface area contributed by atoms with E-state index in [0.717, 1.165) is 182 Å². The lowest BCUT2D eigenvalue weighted by Crippen LogP contribution is -2.26. The van der Waals surface area contributed by atoms with E-state index in [9.17, 15) is 37.1 Å². The van der Waals surface area contributed by atoms with Crippen LogP contribution in [0, 0.1) is 17.5 Å². The molecule has 26 heteroatoms. The zero-order chi connectivity index (χ0) is 81.2. The van der Waals surface area contributed by atoms with E-state index < -0.39 is 11.6 Å². The number of benzene rings is 10. The summed E-state index contributed by atoms with van der Waals surface area (Å²) in [4.78, 5) is 82.0. The normalized spacial score (nSPS) is 13.3. The van der Waals surface area contributed by atoms with Gasteiger partial charge in [-0.05, 0) is 199 Å². The highest BCUT2D eigenvalue weighted by Gasteiger charge is 2.17. The van der Waals surface area contributed by atoms with E-state index in [0.29, 0.717) is 76.7 Å². The molecule has 0 radical (unpaired) electrons. The summed E-state index contributed by atoms with van der Waals surface area (Å²) < 4.78 is 39.3. The van der Waals surface area contributed by atoms with Gasteiger partial charge in [0.25, 0.3) is 0 Å². The number of carbonyl (C=O) groups is 5. The summed E-state index contributed by atoms with van der Waals surface area (Å²) in [5.74, 6) is 2.19. The van der Waals surface area contributed by atoms with E-state index in [4.69, 9.17) is 34.8 Å². The van der Waals surface area contributed by atoms with Crippen molar-refractivity contribution in [3.05, 3.63) is 325 Å². The molecule has 0 unspecified atom stereocenters. The van der Waals surface area contributed by atoms with Crippen molar-refractivity contribution in [3.63, 3.8) is 0 Å². The number of anilines is 5. The fourth-order valence-electron chi connectivity index (χ4n) is 12.2. The van der Waals surface area contributed by atoms with Crippen molar-refractivity contribution in [2.24, 2.45) is 25.0 Å². The number of aliphatic imine (C=N–C) groups is 5. The molecule has 0 bridgehead atoms. The molecule has 0 spiro atoms. The number of hydrogen-bond acceptors (Lipinski definition) is 20. The van der Waals surface area contributed by atoms with E-state index >= 15 is 0 Å². The fraction of sp³-hybridized carbons (Fsp3) is 0.222. The molecule has 0 aromatic heterocycles. The Morgan fingerprint density at radius 2 is 0.569 bits per heavy atom. The Morgan fingerprint density at radius 1 is 0.293 bits per heavy atom. The molecule has 116 heavy (non-hydrogen) atoms. The van der Waals surface area contributed by atoms with E-state index in [2.05, 4.69) is 90.3 Å². The summed E-state index contributed by atoms with van der Waals surface area (Å²) in [6, 6.07) is 69.9. The first kappa shape index (κ1) is 84.5. The maximum atomic E-state index is 13.6. The van der Waals surface area contributed by atoms with Gasteiger partial charge in [0.2, 0.25) is 0 Å². The monoisotopic (exact) mass is 1620 g/mol. The Labute approximate surface area is 687 Å². The van der Waals surface area contributed by atoms with Crippen molar-refractivity contribution >= 4 is 122 Å². The first-order chi connectivity index (χ1) is 56.4.